The average Bonchev–Trinajstić information content (AvgIpc) is 3.21. The summed E-state index contributed by atoms with van der Waals surface area (Å²) in [4.78, 5) is 4.24. The first-order valence-electron chi connectivity index (χ1n) is 10.1. The number of rotatable bonds is 6. The van der Waals surface area contributed by atoms with Crippen molar-refractivity contribution < 1.29 is 26.7 Å². The van der Waals surface area contributed by atoms with Crippen LogP contribution in [0.1, 0.15) is 30.6 Å². The topological polar surface area (TPSA) is 108 Å². The molecule has 0 amide bonds. The zero-order valence-corrected chi connectivity index (χ0v) is 19.8. The largest absolute Gasteiger partial charge is 0.496 e. The standard InChI is InChI=1S/C22H23ClFN3O5S/c1-12(18-17(30-2)5-4-16(24)19(18)23)32-21-20-14(10-26-22(21)25)15(11-31-20)13-6-8-27(9-7-13)33(3,28)29/h4-6,10-12H,7-9H2,1-3H3,(H2,25,26)/t12-/m1/s1. The number of ether oxygens (including phenoxy) is 2. The molecule has 0 fully saturated rings. The molecule has 3 aromatic rings. The molecule has 1 aromatic carbocycles. The van der Waals surface area contributed by atoms with E-state index in [-0.39, 0.29) is 23.1 Å². The molecule has 0 saturated heterocycles. The number of methoxy groups -OCH3 is 1. The summed E-state index contributed by atoms with van der Waals surface area (Å²) in [6.07, 6.45) is 5.99. The lowest BCUT2D eigenvalue weighted by Gasteiger charge is -2.23. The zero-order valence-electron chi connectivity index (χ0n) is 18.3. The number of sulfonamides is 1. The molecule has 1 aliphatic heterocycles. The third-order valence-electron chi connectivity index (χ3n) is 5.60. The van der Waals surface area contributed by atoms with Crippen LogP contribution in [0.3, 0.4) is 0 Å². The number of halogens is 2. The van der Waals surface area contributed by atoms with Gasteiger partial charge in [0.25, 0.3) is 0 Å². The number of hydrogen-bond donors (Lipinski definition) is 1. The molecule has 0 aliphatic carbocycles. The van der Waals surface area contributed by atoms with Crippen molar-refractivity contribution in [2.45, 2.75) is 19.4 Å². The van der Waals surface area contributed by atoms with Crippen molar-refractivity contribution in [3.05, 3.63) is 52.6 Å². The summed E-state index contributed by atoms with van der Waals surface area (Å²) in [5.74, 6) is 0.0702. The fourth-order valence-electron chi connectivity index (χ4n) is 3.88. The maximum atomic E-state index is 14.1. The molecule has 8 nitrogen and oxygen atoms in total. The van der Waals surface area contributed by atoms with Gasteiger partial charge in [-0.15, -0.1) is 0 Å². The third kappa shape index (κ3) is 4.38. The molecule has 4 rings (SSSR count). The van der Waals surface area contributed by atoms with Crippen LogP contribution in [0.4, 0.5) is 10.2 Å². The summed E-state index contributed by atoms with van der Waals surface area (Å²) in [7, 11) is -1.80. The van der Waals surface area contributed by atoms with E-state index in [4.69, 9.17) is 31.2 Å². The Kier molecular flexibility index (Phi) is 6.26. The van der Waals surface area contributed by atoms with E-state index in [1.807, 2.05) is 6.08 Å². The van der Waals surface area contributed by atoms with Crippen molar-refractivity contribution in [1.82, 2.24) is 9.29 Å². The first-order valence-corrected chi connectivity index (χ1v) is 12.3. The number of furan rings is 1. The fourth-order valence-corrected chi connectivity index (χ4v) is 4.96. The Morgan fingerprint density at radius 2 is 2.12 bits per heavy atom. The number of benzene rings is 1. The van der Waals surface area contributed by atoms with Gasteiger partial charge in [0.2, 0.25) is 15.8 Å². The molecule has 1 aliphatic rings. The molecule has 176 valence electrons. The average molecular weight is 496 g/mol. The Bertz CT molecular complexity index is 1360. The molecule has 0 saturated carbocycles. The van der Waals surface area contributed by atoms with Crippen molar-refractivity contribution in [2.75, 3.05) is 32.2 Å². The number of aromatic nitrogens is 1. The molecule has 0 spiro atoms. The molecule has 0 bridgehead atoms. The highest BCUT2D eigenvalue weighted by Crippen LogP contribution is 2.42. The van der Waals surface area contributed by atoms with Gasteiger partial charge in [0, 0.05) is 24.8 Å². The summed E-state index contributed by atoms with van der Waals surface area (Å²) in [5.41, 5.74) is 8.51. The van der Waals surface area contributed by atoms with Gasteiger partial charge in [-0.25, -0.2) is 17.8 Å². The molecule has 1 atom stereocenters. The van der Waals surface area contributed by atoms with Crippen LogP contribution in [0, 0.1) is 5.82 Å². The van der Waals surface area contributed by atoms with Crippen LogP contribution < -0.4 is 15.2 Å². The Hall–Kier alpha value is -2.82. The maximum Gasteiger partial charge on any atom is 0.211 e. The monoisotopic (exact) mass is 495 g/mol. The SMILES string of the molecule is COc1ccc(F)c(Cl)c1[C@@H](C)Oc1c(N)ncc2c(C3=CCN(S(C)(=O)=O)CC3)coc12. The zero-order chi connectivity index (χ0) is 23.9. The third-order valence-corrected chi connectivity index (χ3v) is 7.26. The van der Waals surface area contributed by atoms with Crippen LogP contribution in [0.15, 0.2) is 35.1 Å². The van der Waals surface area contributed by atoms with Crippen molar-refractivity contribution in [3.8, 4) is 11.5 Å². The number of hydrogen-bond acceptors (Lipinski definition) is 7. The normalized spacial score (nSPS) is 16.0. The molecule has 3 heterocycles. The number of fused-ring (bicyclic) bond motifs is 1. The van der Waals surface area contributed by atoms with E-state index in [9.17, 15) is 12.8 Å². The number of anilines is 1. The minimum absolute atomic E-state index is 0.0996. The molecule has 11 heteroatoms. The van der Waals surface area contributed by atoms with Gasteiger partial charge >= 0.3 is 0 Å². The van der Waals surface area contributed by atoms with Crippen LogP contribution in [-0.4, -0.2) is 44.2 Å². The molecular formula is C22H23ClFN3O5S. The van der Waals surface area contributed by atoms with E-state index in [0.29, 0.717) is 35.2 Å². The van der Waals surface area contributed by atoms with Crippen LogP contribution in [0.5, 0.6) is 11.5 Å². The predicted molar refractivity (Wildman–Crippen MR) is 124 cm³/mol. The molecule has 0 radical (unpaired) electrons. The van der Waals surface area contributed by atoms with Gasteiger partial charge in [0.1, 0.15) is 17.7 Å². The molecule has 2 N–H and O–H groups in total. The van der Waals surface area contributed by atoms with Crippen molar-refractivity contribution >= 4 is 44.0 Å². The van der Waals surface area contributed by atoms with E-state index in [0.717, 1.165) is 11.1 Å². The summed E-state index contributed by atoms with van der Waals surface area (Å²) in [5, 5.41) is 0.561. The summed E-state index contributed by atoms with van der Waals surface area (Å²) >= 11 is 6.19. The van der Waals surface area contributed by atoms with E-state index >= 15 is 0 Å². The second kappa shape index (κ2) is 8.85. The van der Waals surface area contributed by atoms with Gasteiger partial charge in [0.15, 0.2) is 11.4 Å². The van der Waals surface area contributed by atoms with Crippen molar-refractivity contribution in [2.24, 2.45) is 0 Å². The first kappa shape index (κ1) is 23.3. The predicted octanol–water partition coefficient (Wildman–Crippen LogP) is 4.40. The van der Waals surface area contributed by atoms with E-state index < -0.39 is 21.9 Å². The molecular weight excluding hydrogens is 473 g/mol. The minimum Gasteiger partial charge on any atom is -0.496 e. The summed E-state index contributed by atoms with van der Waals surface area (Å²) in [6, 6.07) is 2.69. The summed E-state index contributed by atoms with van der Waals surface area (Å²) < 4.78 is 56.2. The highest BCUT2D eigenvalue weighted by Gasteiger charge is 2.26. The number of nitrogens with zero attached hydrogens (tertiary/aromatic N) is 2. The Balaban J connectivity index is 1.70. The van der Waals surface area contributed by atoms with Gasteiger partial charge in [-0.1, -0.05) is 17.7 Å². The van der Waals surface area contributed by atoms with Crippen LogP contribution in [-0.2, 0) is 10.0 Å². The maximum absolute atomic E-state index is 14.1. The lowest BCUT2D eigenvalue weighted by molar-refractivity contribution is 0.221. The van der Waals surface area contributed by atoms with Crippen molar-refractivity contribution in [1.29, 1.82) is 0 Å². The van der Waals surface area contributed by atoms with Crippen LogP contribution in [0.25, 0.3) is 16.5 Å². The minimum atomic E-state index is -3.26. The van der Waals surface area contributed by atoms with E-state index in [1.165, 1.54) is 29.8 Å². The number of nitrogen functional groups attached to an aromatic ring is 1. The second-order valence-electron chi connectivity index (χ2n) is 7.70. The van der Waals surface area contributed by atoms with Gasteiger partial charge < -0.3 is 19.6 Å². The second-order valence-corrected chi connectivity index (χ2v) is 10.1. The lowest BCUT2D eigenvalue weighted by atomic mass is 10.0. The molecule has 2 aromatic heterocycles. The molecule has 0 unspecified atom stereocenters. The van der Waals surface area contributed by atoms with Gasteiger partial charge in [0.05, 0.1) is 35.6 Å². The molecule has 33 heavy (non-hydrogen) atoms. The van der Waals surface area contributed by atoms with Crippen molar-refractivity contribution in [3.63, 3.8) is 0 Å². The van der Waals surface area contributed by atoms with Gasteiger partial charge in [-0.05, 0) is 31.1 Å². The van der Waals surface area contributed by atoms with Gasteiger partial charge in [-0.3, -0.25) is 0 Å². The smallest absolute Gasteiger partial charge is 0.211 e. The Labute approximate surface area is 195 Å². The number of nitrogens with two attached hydrogens (primary N) is 1. The van der Waals surface area contributed by atoms with Gasteiger partial charge in [-0.2, -0.15) is 4.31 Å². The summed E-state index contributed by atoms with van der Waals surface area (Å²) in [6.45, 7) is 2.34. The lowest BCUT2D eigenvalue weighted by Crippen LogP contribution is -2.33. The Morgan fingerprint density at radius 3 is 2.76 bits per heavy atom. The van der Waals surface area contributed by atoms with Crippen LogP contribution in [0.2, 0.25) is 5.02 Å². The van der Waals surface area contributed by atoms with Crippen LogP contribution >= 0.6 is 11.6 Å². The number of pyridine rings is 1. The Morgan fingerprint density at radius 1 is 1.36 bits per heavy atom. The highest BCUT2D eigenvalue weighted by atomic mass is 35.5. The quantitative estimate of drug-likeness (QED) is 0.540. The fraction of sp³-hybridized carbons (Fsp3) is 0.318. The van der Waals surface area contributed by atoms with E-state index in [2.05, 4.69) is 4.98 Å². The highest BCUT2D eigenvalue weighted by molar-refractivity contribution is 7.88. The van der Waals surface area contributed by atoms with E-state index in [1.54, 1.807) is 19.4 Å². The first-order chi connectivity index (χ1) is 15.6.